The van der Waals surface area contributed by atoms with Gasteiger partial charge in [-0.05, 0) is 43.0 Å². The second-order valence-corrected chi connectivity index (χ2v) is 7.17. The number of para-hydroxylation sites is 3. The van der Waals surface area contributed by atoms with Crippen molar-refractivity contribution in [3.05, 3.63) is 54.6 Å². The molecule has 0 aliphatic carbocycles. The average Bonchev–Trinajstić information content (AvgIpc) is 3.25. The first-order valence-corrected chi connectivity index (χ1v) is 10.3. The summed E-state index contributed by atoms with van der Waals surface area (Å²) in [5, 5.41) is 6.83. The summed E-state index contributed by atoms with van der Waals surface area (Å²) >= 11 is 0. The van der Waals surface area contributed by atoms with Gasteiger partial charge in [0.05, 0.1) is 19.4 Å². The van der Waals surface area contributed by atoms with Crippen molar-refractivity contribution in [2.24, 2.45) is 10.9 Å². The Labute approximate surface area is 173 Å². The molecule has 3 rings (SSSR count). The normalized spacial score (nSPS) is 16.6. The number of hydrogen-bond acceptors (Lipinski definition) is 4. The molecule has 1 atom stereocenters. The number of hydrogen-bond donors (Lipinski definition) is 2. The predicted molar refractivity (Wildman–Crippen MR) is 119 cm³/mol. The van der Waals surface area contributed by atoms with E-state index in [1.54, 1.807) is 7.11 Å². The van der Waals surface area contributed by atoms with E-state index in [-0.39, 0.29) is 0 Å². The van der Waals surface area contributed by atoms with E-state index in [2.05, 4.69) is 32.7 Å². The van der Waals surface area contributed by atoms with E-state index >= 15 is 0 Å². The van der Waals surface area contributed by atoms with Crippen molar-refractivity contribution >= 4 is 11.6 Å². The third-order valence-corrected chi connectivity index (χ3v) is 5.12. The van der Waals surface area contributed by atoms with Crippen LogP contribution >= 0.6 is 0 Å². The van der Waals surface area contributed by atoms with E-state index in [9.17, 15) is 0 Å². The molecule has 0 bridgehead atoms. The third-order valence-electron chi connectivity index (χ3n) is 5.12. The van der Waals surface area contributed by atoms with Gasteiger partial charge in [0, 0.05) is 33.2 Å². The molecule has 1 aliphatic heterocycles. The highest BCUT2D eigenvalue weighted by molar-refractivity contribution is 5.79. The number of benzene rings is 2. The molecular weight excluding hydrogens is 364 g/mol. The fourth-order valence-electron chi connectivity index (χ4n) is 3.56. The van der Waals surface area contributed by atoms with Gasteiger partial charge in [-0.25, -0.2) is 0 Å². The van der Waals surface area contributed by atoms with Gasteiger partial charge in [0.15, 0.2) is 5.96 Å². The van der Waals surface area contributed by atoms with Crippen molar-refractivity contribution in [2.75, 3.05) is 51.8 Å². The van der Waals surface area contributed by atoms with Crippen LogP contribution in [0.5, 0.6) is 11.5 Å². The molecular formula is C23H32N4O2. The number of nitrogens with one attached hydrogen (secondary N) is 2. The number of methoxy groups -OCH3 is 1. The standard InChI is InChI=1S/C23H32N4O2/c1-24-23(25-14-8-16-29-20-9-4-3-5-10-20)26-17-19-13-15-27(18-19)21-11-6-7-12-22(21)28-2/h3-7,9-12,19H,8,13-18H2,1-2H3,(H2,24,25,26). The molecule has 1 unspecified atom stereocenters. The van der Waals surface area contributed by atoms with Gasteiger partial charge in [0.25, 0.3) is 0 Å². The molecule has 156 valence electrons. The minimum absolute atomic E-state index is 0.583. The van der Waals surface area contributed by atoms with E-state index in [1.807, 2.05) is 49.5 Å². The largest absolute Gasteiger partial charge is 0.495 e. The molecule has 1 saturated heterocycles. The highest BCUT2D eigenvalue weighted by Crippen LogP contribution is 2.31. The van der Waals surface area contributed by atoms with E-state index in [0.717, 1.165) is 56.5 Å². The Kier molecular flexibility index (Phi) is 8.04. The smallest absolute Gasteiger partial charge is 0.190 e. The number of nitrogens with zero attached hydrogens (tertiary/aromatic N) is 2. The highest BCUT2D eigenvalue weighted by Gasteiger charge is 2.24. The molecule has 0 radical (unpaired) electrons. The van der Waals surface area contributed by atoms with Gasteiger partial charge in [-0.15, -0.1) is 0 Å². The van der Waals surface area contributed by atoms with Gasteiger partial charge in [-0.2, -0.15) is 0 Å². The zero-order valence-corrected chi connectivity index (χ0v) is 17.4. The summed E-state index contributed by atoms with van der Waals surface area (Å²) in [4.78, 5) is 6.73. The first kappa shape index (κ1) is 20.8. The van der Waals surface area contributed by atoms with Crippen molar-refractivity contribution in [3.63, 3.8) is 0 Å². The molecule has 2 aromatic rings. The second kappa shape index (κ2) is 11.2. The van der Waals surface area contributed by atoms with Gasteiger partial charge in [-0.1, -0.05) is 30.3 Å². The van der Waals surface area contributed by atoms with Crippen LogP contribution < -0.4 is 25.0 Å². The molecule has 6 heteroatoms. The summed E-state index contributed by atoms with van der Waals surface area (Å²) in [5.74, 6) is 3.28. The fourth-order valence-corrected chi connectivity index (χ4v) is 3.56. The minimum atomic E-state index is 0.583. The molecule has 0 saturated carbocycles. The van der Waals surface area contributed by atoms with Crippen LogP contribution in [-0.2, 0) is 0 Å². The van der Waals surface area contributed by atoms with Crippen molar-refractivity contribution in [1.29, 1.82) is 0 Å². The second-order valence-electron chi connectivity index (χ2n) is 7.17. The van der Waals surface area contributed by atoms with Crippen molar-refractivity contribution < 1.29 is 9.47 Å². The van der Waals surface area contributed by atoms with Gasteiger partial charge < -0.3 is 25.0 Å². The fraction of sp³-hybridized carbons (Fsp3) is 0.435. The maximum atomic E-state index is 5.72. The Balaban J connectivity index is 1.34. The van der Waals surface area contributed by atoms with Crippen molar-refractivity contribution in [2.45, 2.75) is 12.8 Å². The molecule has 2 aromatic carbocycles. The lowest BCUT2D eigenvalue weighted by atomic mass is 10.1. The summed E-state index contributed by atoms with van der Waals surface area (Å²) in [5.41, 5.74) is 1.18. The Bertz CT molecular complexity index is 766. The van der Waals surface area contributed by atoms with E-state index in [0.29, 0.717) is 12.5 Å². The quantitative estimate of drug-likeness (QED) is 0.387. The summed E-state index contributed by atoms with van der Waals surface area (Å²) in [7, 11) is 3.54. The zero-order chi connectivity index (χ0) is 20.3. The van der Waals surface area contributed by atoms with Crippen LogP contribution in [0.2, 0.25) is 0 Å². The number of anilines is 1. The van der Waals surface area contributed by atoms with E-state index < -0.39 is 0 Å². The Morgan fingerprint density at radius 2 is 1.90 bits per heavy atom. The van der Waals surface area contributed by atoms with E-state index in [4.69, 9.17) is 9.47 Å². The Morgan fingerprint density at radius 3 is 2.69 bits per heavy atom. The SMILES string of the molecule is CN=C(NCCCOc1ccccc1)NCC1CCN(c2ccccc2OC)C1. The topological polar surface area (TPSA) is 58.1 Å². The minimum Gasteiger partial charge on any atom is -0.495 e. The van der Waals surface area contributed by atoms with Crippen molar-refractivity contribution in [1.82, 2.24) is 10.6 Å². The van der Waals surface area contributed by atoms with Gasteiger partial charge in [0.2, 0.25) is 0 Å². The third kappa shape index (κ3) is 6.31. The number of ether oxygens (including phenoxy) is 2. The molecule has 2 N–H and O–H groups in total. The zero-order valence-electron chi connectivity index (χ0n) is 17.4. The van der Waals surface area contributed by atoms with Gasteiger partial charge >= 0.3 is 0 Å². The summed E-state index contributed by atoms with van der Waals surface area (Å²) in [6.07, 6.45) is 2.08. The number of aliphatic imine (C=N–C) groups is 1. The van der Waals surface area contributed by atoms with Crippen LogP contribution in [0.15, 0.2) is 59.6 Å². The van der Waals surface area contributed by atoms with Crippen LogP contribution in [0.1, 0.15) is 12.8 Å². The van der Waals surface area contributed by atoms with Gasteiger partial charge in [0.1, 0.15) is 11.5 Å². The van der Waals surface area contributed by atoms with Crippen LogP contribution in [0.4, 0.5) is 5.69 Å². The van der Waals surface area contributed by atoms with Crippen LogP contribution in [0.25, 0.3) is 0 Å². The monoisotopic (exact) mass is 396 g/mol. The van der Waals surface area contributed by atoms with Crippen LogP contribution in [0.3, 0.4) is 0 Å². The van der Waals surface area contributed by atoms with Crippen LogP contribution in [-0.4, -0.2) is 52.9 Å². The molecule has 1 fully saturated rings. The lowest BCUT2D eigenvalue weighted by Gasteiger charge is -2.21. The summed E-state index contributed by atoms with van der Waals surface area (Å²) < 4.78 is 11.2. The summed E-state index contributed by atoms with van der Waals surface area (Å²) in [6, 6.07) is 18.1. The van der Waals surface area contributed by atoms with Crippen LogP contribution in [0, 0.1) is 5.92 Å². The molecule has 1 heterocycles. The average molecular weight is 397 g/mol. The molecule has 1 aliphatic rings. The first-order chi connectivity index (χ1) is 14.3. The van der Waals surface area contributed by atoms with Crippen molar-refractivity contribution in [3.8, 4) is 11.5 Å². The Hall–Kier alpha value is -2.89. The number of rotatable bonds is 9. The predicted octanol–water partition coefficient (Wildman–Crippen LogP) is 3.16. The molecule has 6 nitrogen and oxygen atoms in total. The molecule has 0 amide bonds. The van der Waals surface area contributed by atoms with E-state index in [1.165, 1.54) is 5.69 Å². The Morgan fingerprint density at radius 1 is 1.10 bits per heavy atom. The molecule has 0 aromatic heterocycles. The molecule has 29 heavy (non-hydrogen) atoms. The summed E-state index contributed by atoms with van der Waals surface area (Å²) in [6.45, 7) is 4.49. The molecule has 0 spiro atoms. The maximum absolute atomic E-state index is 5.72. The lowest BCUT2D eigenvalue weighted by molar-refractivity contribution is 0.311. The highest BCUT2D eigenvalue weighted by atomic mass is 16.5. The van der Waals surface area contributed by atoms with Gasteiger partial charge in [-0.3, -0.25) is 4.99 Å². The number of guanidine groups is 1. The lowest BCUT2D eigenvalue weighted by Crippen LogP contribution is -2.40. The maximum Gasteiger partial charge on any atom is 0.190 e. The first-order valence-electron chi connectivity index (χ1n) is 10.3.